The highest BCUT2D eigenvalue weighted by molar-refractivity contribution is 9.10. The zero-order chi connectivity index (χ0) is 13.0. The molecule has 0 aliphatic rings. The molecule has 2 rings (SSSR count). The fourth-order valence-corrected chi connectivity index (χ4v) is 1.85. The first kappa shape index (κ1) is 13.1. The van der Waals surface area contributed by atoms with Crippen molar-refractivity contribution in [3.8, 4) is 0 Å². The van der Waals surface area contributed by atoms with Gasteiger partial charge in [-0.3, -0.25) is 4.79 Å². The maximum atomic E-state index is 11.9. The number of hydrogen-bond acceptors (Lipinski definition) is 1. The highest BCUT2D eigenvalue weighted by Gasteiger charge is 2.00. The molecule has 0 saturated carbocycles. The Labute approximate surface area is 119 Å². The molecule has 0 unspecified atom stereocenters. The number of benzene rings is 2. The molecular formula is C15H10BrClO. The predicted molar refractivity (Wildman–Crippen MR) is 79.0 cm³/mol. The van der Waals surface area contributed by atoms with Crippen LogP contribution in [0.5, 0.6) is 0 Å². The van der Waals surface area contributed by atoms with Crippen LogP contribution in [0.1, 0.15) is 15.9 Å². The van der Waals surface area contributed by atoms with Crippen molar-refractivity contribution in [1.29, 1.82) is 0 Å². The first-order chi connectivity index (χ1) is 8.65. The number of allylic oxidation sites excluding steroid dienone is 1. The average molecular weight is 322 g/mol. The maximum absolute atomic E-state index is 11.9. The summed E-state index contributed by atoms with van der Waals surface area (Å²) in [6.07, 6.45) is 3.36. The van der Waals surface area contributed by atoms with Crippen LogP contribution in [0.15, 0.2) is 59.1 Å². The van der Waals surface area contributed by atoms with Gasteiger partial charge < -0.3 is 0 Å². The second kappa shape index (κ2) is 5.98. The van der Waals surface area contributed by atoms with E-state index in [1.54, 1.807) is 36.4 Å². The van der Waals surface area contributed by atoms with Crippen LogP contribution in [0.4, 0.5) is 0 Å². The lowest BCUT2D eigenvalue weighted by Crippen LogP contribution is -1.92. The van der Waals surface area contributed by atoms with Gasteiger partial charge in [-0.2, -0.15) is 0 Å². The molecule has 0 aromatic heterocycles. The Morgan fingerprint density at radius 1 is 1.00 bits per heavy atom. The lowest BCUT2D eigenvalue weighted by molar-refractivity contribution is 0.104. The molecule has 0 N–H and O–H groups in total. The molecule has 0 aliphatic carbocycles. The molecule has 0 aliphatic heterocycles. The van der Waals surface area contributed by atoms with Crippen LogP contribution in [-0.4, -0.2) is 5.78 Å². The highest BCUT2D eigenvalue weighted by Crippen LogP contribution is 2.13. The second-order valence-corrected chi connectivity index (χ2v) is 5.11. The summed E-state index contributed by atoms with van der Waals surface area (Å²) in [5.74, 6) is -0.0328. The summed E-state index contributed by atoms with van der Waals surface area (Å²) in [7, 11) is 0. The third-order valence-corrected chi connectivity index (χ3v) is 3.21. The van der Waals surface area contributed by atoms with Crippen molar-refractivity contribution in [2.24, 2.45) is 0 Å². The van der Waals surface area contributed by atoms with E-state index in [2.05, 4.69) is 15.9 Å². The van der Waals surface area contributed by atoms with E-state index in [9.17, 15) is 4.79 Å². The molecule has 3 heteroatoms. The summed E-state index contributed by atoms with van der Waals surface area (Å²) in [5.41, 5.74) is 1.62. The van der Waals surface area contributed by atoms with E-state index in [0.29, 0.717) is 10.6 Å². The fourth-order valence-electron chi connectivity index (χ4n) is 1.46. The van der Waals surface area contributed by atoms with Gasteiger partial charge in [0, 0.05) is 15.1 Å². The molecule has 0 amide bonds. The van der Waals surface area contributed by atoms with Gasteiger partial charge in [0.05, 0.1) is 0 Å². The first-order valence-electron chi connectivity index (χ1n) is 5.39. The van der Waals surface area contributed by atoms with Crippen LogP contribution in [-0.2, 0) is 0 Å². The highest BCUT2D eigenvalue weighted by atomic mass is 79.9. The summed E-state index contributed by atoms with van der Waals surface area (Å²) in [6, 6.07) is 14.6. The van der Waals surface area contributed by atoms with Gasteiger partial charge in [-0.25, -0.2) is 0 Å². The summed E-state index contributed by atoms with van der Waals surface area (Å²) >= 11 is 9.14. The topological polar surface area (TPSA) is 17.1 Å². The largest absolute Gasteiger partial charge is 0.289 e. The molecule has 0 bridgehead atoms. The van der Waals surface area contributed by atoms with E-state index in [0.717, 1.165) is 10.0 Å². The summed E-state index contributed by atoms with van der Waals surface area (Å²) in [4.78, 5) is 11.9. The normalized spacial score (nSPS) is 10.8. The molecule has 0 heterocycles. The molecule has 0 spiro atoms. The Bertz CT molecular complexity index is 570. The number of carbonyl (C=O) groups is 1. The van der Waals surface area contributed by atoms with Crippen LogP contribution in [0, 0.1) is 0 Å². The molecular weight excluding hydrogens is 312 g/mol. The van der Waals surface area contributed by atoms with Gasteiger partial charge in [-0.1, -0.05) is 45.7 Å². The van der Waals surface area contributed by atoms with Gasteiger partial charge in [-0.15, -0.1) is 0 Å². The van der Waals surface area contributed by atoms with Gasteiger partial charge >= 0.3 is 0 Å². The molecule has 1 nitrogen and oxygen atoms in total. The Balaban J connectivity index is 2.11. The molecule has 2 aromatic carbocycles. The molecule has 0 fully saturated rings. The van der Waals surface area contributed by atoms with Gasteiger partial charge in [0.2, 0.25) is 0 Å². The number of ketones is 1. The van der Waals surface area contributed by atoms with E-state index < -0.39 is 0 Å². The SMILES string of the molecule is O=C(/C=C/c1ccc(Br)cc1)c1ccc(Cl)cc1. The first-order valence-corrected chi connectivity index (χ1v) is 6.56. The van der Waals surface area contributed by atoms with Crippen LogP contribution < -0.4 is 0 Å². The van der Waals surface area contributed by atoms with Gasteiger partial charge in [0.1, 0.15) is 0 Å². The van der Waals surface area contributed by atoms with Crippen molar-refractivity contribution >= 4 is 39.4 Å². The summed E-state index contributed by atoms with van der Waals surface area (Å²) in [5, 5.41) is 0.628. The second-order valence-electron chi connectivity index (χ2n) is 3.76. The molecule has 0 radical (unpaired) electrons. The van der Waals surface area contributed by atoms with E-state index in [-0.39, 0.29) is 5.78 Å². The Morgan fingerprint density at radius 2 is 1.61 bits per heavy atom. The number of rotatable bonds is 3. The monoisotopic (exact) mass is 320 g/mol. The van der Waals surface area contributed by atoms with Crippen molar-refractivity contribution in [2.45, 2.75) is 0 Å². The van der Waals surface area contributed by atoms with Gasteiger partial charge in [-0.05, 0) is 48.0 Å². The lowest BCUT2D eigenvalue weighted by Gasteiger charge is -1.96. The zero-order valence-corrected chi connectivity index (χ0v) is 11.8. The Hall–Kier alpha value is -1.38. The quantitative estimate of drug-likeness (QED) is 0.574. The van der Waals surface area contributed by atoms with Crippen LogP contribution in [0.2, 0.25) is 5.02 Å². The van der Waals surface area contributed by atoms with Crippen molar-refractivity contribution in [1.82, 2.24) is 0 Å². The van der Waals surface area contributed by atoms with Gasteiger partial charge in [0.15, 0.2) is 5.78 Å². The van der Waals surface area contributed by atoms with Crippen molar-refractivity contribution in [2.75, 3.05) is 0 Å². The average Bonchev–Trinajstić information content (AvgIpc) is 2.38. The summed E-state index contributed by atoms with van der Waals surface area (Å²) < 4.78 is 1.02. The van der Waals surface area contributed by atoms with Crippen molar-refractivity contribution < 1.29 is 4.79 Å². The van der Waals surface area contributed by atoms with E-state index in [1.807, 2.05) is 24.3 Å². The minimum Gasteiger partial charge on any atom is -0.289 e. The Kier molecular flexibility index (Phi) is 4.34. The Morgan fingerprint density at radius 3 is 2.22 bits per heavy atom. The van der Waals surface area contributed by atoms with E-state index in [1.165, 1.54) is 0 Å². The molecule has 0 atom stereocenters. The smallest absolute Gasteiger partial charge is 0.185 e. The van der Waals surface area contributed by atoms with E-state index in [4.69, 9.17) is 11.6 Å². The molecule has 0 saturated heterocycles. The third-order valence-electron chi connectivity index (χ3n) is 2.43. The number of halogens is 2. The maximum Gasteiger partial charge on any atom is 0.185 e. The van der Waals surface area contributed by atoms with Crippen molar-refractivity contribution in [3.05, 3.63) is 75.2 Å². The molecule has 90 valence electrons. The zero-order valence-electron chi connectivity index (χ0n) is 9.44. The van der Waals surface area contributed by atoms with Crippen LogP contribution in [0.25, 0.3) is 6.08 Å². The number of hydrogen-bond donors (Lipinski definition) is 0. The van der Waals surface area contributed by atoms with Crippen LogP contribution >= 0.6 is 27.5 Å². The third kappa shape index (κ3) is 3.56. The minimum absolute atomic E-state index is 0.0328. The van der Waals surface area contributed by atoms with Gasteiger partial charge in [0.25, 0.3) is 0 Å². The summed E-state index contributed by atoms with van der Waals surface area (Å²) in [6.45, 7) is 0. The molecule has 2 aromatic rings. The number of carbonyl (C=O) groups excluding carboxylic acids is 1. The van der Waals surface area contributed by atoms with Crippen molar-refractivity contribution in [3.63, 3.8) is 0 Å². The molecule has 18 heavy (non-hydrogen) atoms. The minimum atomic E-state index is -0.0328. The fraction of sp³-hybridized carbons (Fsp3) is 0. The predicted octanol–water partition coefficient (Wildman–Crippen LogP) is 5.00. The lowest BCUT2D eigenvalue weighted by atomic mass is 10.1. The van der Waals surface area contributed by atoms with Crippen LogP contribution in [0.3, 0.4) is 0 Å². The van der Waals surface area contributed by atoms with E-state index >= 15 is 0 Å². The standard InChI is InChI=1S/C15H10BrClO/c16-13-6-1-11(2-7-13)3-10-15(18)12-4-8-14(17)9-5-12/h1-10H/b10-3+.